The predicted octanol–water partition coefficient (Wildman–Crippen LogP) is 9.76. The fourth-order valence-electron chi connectivity index (χ4n) is 3.96. The van der Waals surface area contributed by atoms with Gasteiger partial charge in [0.25, 0.3) is 0 Å². The average Bonchev–Trinajstić information content (AvgIpc) is 2.79. The minimum absolute atomic E-state index is 0.106. The number of aryl methyl sites for hydroxylation is 4. The molecule has 0 spiro atoms. The Balaban J connectivity index is 0.00000172. The molecule has 0 saturated carbocycles. The van der Waals surface area contributed by atoms with Gasteiger partial charge in [-0.15, -0.1) is 0 Å². The molecule has 0 aliphatic heterocycles. The number of hydrogen-bond donors (Lipinski definition) is 0. The van der Waals surface area contributed by atoms with Gasteiger partial charge < -0.3 is 0 Å². The summed E-state index contributed by atoms with van der Waals surface area (Å²) in [6.45, 7) is 13.2. The average molecular weight is 582 g/mol. The first-order chi connectivity index (χ1) is 16.0. The van der Waals surface area contributed by atoms with E-state index in [0.717, 1.165) is 62.8 Å². The van der Waals surface area contributed by atoms with Crippen molar-refractivity contribution in [2.45, 2.75) is 92.9 Å². The van der Waals surface area contributed by atoms with E-state index in [0.29, 0.717) is 0 Å². The summed E-state index contributed by atoms with van der Waals surface area (Å²) in [5, 5.41) is 0. The SMILES string of the molecule is CCCc1cccc(CCC)c1N=C(C)C(C)=Nc1c(CCC)cccc1CCC.[Cl][Pd][Cl]. The Morgan fingerprint density at radius 3 is 1.06 bits per heavy atom. The van der Waals surface area contributed by atoms with Gasteiger partial charge in [-0.2, -0.15) is 0 Å². The molecule has 0 aliphatic rings. The van der Waals surface area contributed by atoms with Crippen LogP contribution in [0.25, 0.3) is 0 Å². The number of halogens is 2. The number of aliphatic imine (C=N–C) groups is 2. The van der Waals surface area contributed by atoms with Crippen LogP contribution in [0, 0.1) is 0 Å². The van der Waals surface area contributed by atoms with E-state index in [4.69, 9.17) is 29.0 Å². The molecule has 0 heterocycles. The van der Waals surface area contributed by atoms with Gasteiger partial charge in [-0.1, -0.05) is 89.8 Å². The van der Waals surface area contributed by atoms with Crippen LogP contribution in [0.15, 0.2) is 46.4 Å². The van der Waals surface area contributed by atoms with E-state index < -0.39 is 0 Å². The molecule has 0 unspecified atom stereocenters. The zero-order chi connectivity index (χ0) is 24.6. The van der Waals surface area contributed by atoms with Crippen LogP contribution >= 0.6 is 19.1 Å². The molecule has 0 aromatic heterocycles. The monoisotopic (exact) mass is 580 g/mol. The van der Waals surface area contributed by atoms with Crippen LogP contribution in [0.2, 0.25) is 0 Å². The van der Waals surface area contributed by atoms with Gasteiger partial charge in [-0.25, -0.2) is 0 Å². The summed E-state index contributed by atoms with van der Waals surface area (Å²) in [6, 6.07) is 13.3. The fourth-order valence-corrected chi connectivity index (χ4v) is 3.96. The first-order valence-electron chi connectivity index (χ1n) is 12.1. The molecule has 0 fully saturated rings. The van der Waals surface area contributed by atoms with Crippen molar-refractivity contribution >= 4 is 41.9 Å². The standard InChI is InChI=1S/C28H40N2.2ClH.Pd/c1-7-13-23-17-11-18-24(14-8-2)27(23)29-21(5)22(6)30-28-25(15-9-3)19-12-20-26(28)16-10-4;;;/h11-12,17-20H,7-10,13-16H2,1-6H3;2*1H;/q;;;+2/p-2. The molecule has 5 heteroatoms. The Hall–Kier alpha value is -0.978. The molecule has 0 atom stereocenters. The molecule has 2 aromatic rings. The zero-order valence-electron chi connectivity index (χ0n) is 21.1. The number of nitrogens with zero attached hydrogens (tertiary/aromatic N) is 2. The normalized spacial score (nSPS) is 12.0. The van der Waals surface area contributed by atoms with Crippen LogP contribution < -0.4 is 0 Å². The van der Waals surface area contributed by atoms with Crippen LogP contribution in [0.1, 0.15) is 89.5 Å². The molecular formula is C28H40Cl2N2Pd. The van der Waals surface area contributed by atoms with Crippen LogP contribution in [0.5, 0.6) is 0 Å². The van der Waals surface area contributed by atoms with E-state index >= 15 is 0 Å². The molecule has 0 aliphatic carbocycles. The third kappa shape index (κ3) is 10.0. The maximum absolute atomic E-state index is 5.13. The number of para-hydroxylation sites is 2. The Kier molecular flexibility index (Phi) is 15.9. The summed E-state index contributed by atoms with van der Waals surface area (Å²) in [7, 11) is 9.63. The number of benzene rings is 2. The van der Waals surface area contributed by atoms with Crippen LogP contribution in [-0.2, 0) is 41.6 Å². The molecule has 2 nitrogen and oxygen atoms in total. The summed E-state index contributed by atoms with van der Waals surface area (Å²) in [6.07, 6.45) is 8.81. The van der Waals surface area contributed by atoms with Gasteiger partial charge in [0.1, 0.15) is 0 Å². The van der Waals surface area contributed by atoms with E-state index in [1.54, 1.807) is 0 Å². The summed E-state index contributed by atoms with van der Waals surface area (Å²) in [5.41, 5.74) is 9.80. The Morgan fingerprint density at radius 1 is 0.606 bits per heavy atom. The third-order valence-electron chi connectivity index (χ3n) is 5.57. The van der Waals surface area contributed by atoms with E-state index in [1.165, 1.54) is 33.6 Å². The summed E-state index contributed by atoms with van der Waals surface area (Å²) >= 11 is -0.106. The Labute approximate surface area is 218 Å². The molecule has 0 N–H and O–H groups in total. The fraction of sp³-hybridized carbons (Fsp3) is 0.500. The first kappa shape index (κ1) is 30.1. The maximum atomic E-state index is 5.13. The van der Waals surface area contributed by atoms with Gasteiger partial charge in [0, 0.05) is 0 Å². The van der Waals surface area contributed by atoms with Gasteiger partial charge in [-0.05, 0) is 61.8 Å². The Bertz CT molecular complexity index is 785. The predicted molar refractivity (Wildman–Crippen MR) is 146 cm³/mol. The van der Waals surface area contributed by atoms with Crippen molar-refractivity contribution in [3.05, 3.63) is 58.7 Å². The van der Waals surface area contributed by atoms with Crippen molar-refractivity contribution in [2.24, 2.45) is 9.98 Å². The molecule has 2 rings (SSSR count). The van der Waals surface area contributed by atoms with Crippen LogP contribution in [0.3, 0.4) is 0 Å². The third-order valence-corrected chi connectivity index (χ3v) is 5.57. The van der Waals surface area contributed by atoms with Crippen molar-refractivity contribution in [1.29, 1.82) is 0 Å². The second-order valence-corrected chi connectivity index (χ2v) is 10.6. The van der Waals surface area contributed by atoms with Gasteiger partial charge in [0.15, 0.2) is 0 Å². The van der Waals surface area contributed by atoms with Gasteiger partial charge in [-0.3, -0.25) is 9.98 Å². The molecule has 186 valence electrons. The molecule has 0 bridgehead atoms. The zero-order valence-corrected chi connectivity index (χ0v) is 24.2. The van der Waals surface area contributed by atoms with Crippen LogP contribution in [-0.4, -0.2) is 11.4 Å². The summed E-state index contributed by atoms with van der Waals surface area (Å²) < 4.78 is 0. The second kappa shape index (κ2) is 17.5. The van der Waals surface area contributed by atoms with Gasteiger partial charge in [0.2, 0.25) is 0 Å². The first-order valence-corrected chi connectivity index (χ1v) is 16.1. The summed E-state index contributed by atoms with van der Waals surface area (Å²) in [4.78, 5) is 10.3. The van der Waals surface area contributed by atoms with Crippen LogP contribution in [0.4, 0.5) is 11.4 Å². The van der Waals surface area contributed by atoms with Crippen molar-refractivity contribution in [1.82, 2.24) is 0 Å². The quantitative estimate of drug-likeness (QED) is 0.186. The van der Waals surface area contributed by atoms with E-state index in [-0.39, 0.29) is 15.9 Å². The van der Waals surface area contributed by atoms with Gasteiger partial charge in [0.05, 0.1) is 22.8 Å². The molecule has 0 radical (unpaired) electrons. The van der Waals surface area contributed by atoms with Gasteiger partial charge >= 0.3 is 35.0 Å². The summed E-state index contributed by atoms with van der Waals surface area (Å²) in [5.74, 6) is 0. The molecule has 0 saturated heterocycles. The number of rotatable bonds is 11. The topological polar surface area (TPSA) is 24.7 Å². The molecular weight excluding hydrogens is 542 g/mol. The Morgan fingerprint density at radius 2 is 0.848 bits per heavy atom. The minimum atomic E-state index is -0.106. The van der Waals surface area contributed by atoms with E-state index in [1.807, 2.05) is 0 Å². The second-order valence-electron chi connectivity index (χ2n) is 8.29. The molecule has 2 aromatic carbocycles. The van der Waals surface area contributed by atoms with E-state index in [2.05, 4.69) is 77.9 Å². The van der Waals surface area contributed by atoms with E-state index in [9.17, 15) is 0 Å². The molecule has 0 amide bonds. The molecule has 33 heavy (non-hydrogen) atoms. The van der Waals surface area contributed by atoms with Crippen molar-refractivity contribution in [2.75, 3.05) is 0 Å². The van der Waals surface area contributed by atoms with Crippen molar-refractivity contribution in [3.63, 3.8) is 0 Å². The van der Waals surface area contributed by atoms with Crippen molar-refractivity contribution < 1.29 is 15.9 Å². The van der Waals surface area contributed by atoms with Crippen molar-refractivity contribution in [3.8, 4) is 0 Å². The number of hydrogen-bond acceptors (Lipinski definition) is 2.